The minimum Gasteiger partial charge on any atom is -0.399 e. The van der Waals surface area contributed by atoms with Gasteiger partial charge >= 0.3 is 0 Å². The van der Waals surface area contributed by atoms with Gasteiger partial charge in [0.15, 0.2) is 5.82 Å². The molecule has 0 spiro atoms. The molecule has 0 fully saturated rings. The first-order valence-electron chi connectivity index (χ1n) is 6.85. The van der Waals surface area contributed by atoms with Crippen molar-refractivity contribution in [3.8, 4) is 11.4 Å². The van der Waals surface area contributed by atoms with Gasteiger partial charge < -0.3 is 5.73 Å². The lowest BCUT2D eigenvalue weighted by Crippen LogP contribution is -2.10. The maximum atomic E-state index is 5.84. The molecule has 5 nitrogen and oxygen atoms in total. The Morgan fingerprint density at radius 3 is 2.57 bits per heavy atom. The van der Waals surface area contributed by atoms with Crippen molar-refractivity contribution in [1.82, 2.24) is 20.2 Å². The molecule has 1 unspecified atom stereocenters. The van der Waals surface area contributed by atoms with E-state index in [1.165, 1.54) is 5.56 Å². The number of anilines is 1. The highest BCUT2D eigenvalue weighted by Crippen LogP contribution is 2.24. The van der Waals surface area contributed by atoms with E-state index >= 15 is 0 Å². The molecule has 1 heterocycles. The van der Waals surface area contributed by atoms with Crippen molar-refractivity contribution < 1.29 is 0 Å². The molecule has 0 bridgehead atoms. The molecule has 5 heteroatoms. The van der Waals surface area contributed by atoms with Crippen LogP contribution in [0, 0.1) is 6.92 Å². The molecule has 2 aromatic carbocycles. The maximum absolute atomic E-state index is 5.84. The zero-order chi connectivity index (χ0) is 14.8. The normalized spacial score (nSPS) is 12.3. The molecular formula is C16H17N5. The van der Waals surface area contributed by atoms with Gasteiger partial charge in [0.05, 0.1) is 6.04 Å². The number of nitrogens with zero attached hydrogens (tertiary/aromatic N) is 4. The Morgan fingerprint density at radius 2 is 1.86 bits per heavy atom. The lowest BCUT2D eigenvalue weighted by atomic mass is 10.1. The summed E-state index contributed by atoms with van der Waals surface area (Å²) in [7, 11) is 0. The topological polar surface area (TPSA) is 69.6 Å². The summed E-state index contributed by atoms with van der Waals surface area (Å²) in [6.45, 7) is 4.15. The number of benzene rings is 2. The maximum Gasteiger partial charge on any atom is 0.182 e. The van der Waals surface area contributed by atoms with Gasteiger partial charge in [0, 0.05) is 11.3 Å². The third-order valence-corrected chi connectivity index (χ3v) is 3.56. The summed E-state index contributed by atoms with van der Waals surface area (Å²) in [6, 6.07) is 16.0. The molecule has 0 aliphatic heterocycles. The quantitative estimate of drug-likeness (QED) is 0.748. The van der Waals surface area contributed by atoms with Crippen LogP contribution >= 0.6 is 0 Å². The van der Waals surface area contributed by atoms with Gasteiger partial charge in [-0.3, -0.25) is 0 Å². The fraction of sp³-hybridized carbons (Fsp3) is 0.188. The smallest absolute Gasteiger partial charge is 0.182 e. The van der Waals surface area contributed by atoms with E-state index in [0.717, 1.165) is 17.0 Å². The molecule has 0 radical (unpaired) electrons. The van der Waals surface area contributed by atoms with E-state index in [0.29, 0.717) is 5.69 Å². The van der Waals surface area contributed by atoms with Crippen molar-refractivity contribution in [2.45, 2.75) is 19.9 Å². The molecule has 0 saturated carbocycles. The van der Waals surface area contributed by atoms with E-state index in [4.69, 9.17) is 5.73 Å². The summed E-state index contributed by atoms with van der Waals surface area (Å²) < 4.78 is 1.82. The predicted molar refractivity (Wildman–Crippen MR) is 82.7 cm³/mol. The largest absolute Gasteiger partial charge is 0.399 e. The molecule has 1 atom stereocenters. The van der Waals surface area contributed by atoms with Gasteiger partial charge in [-0.2, -0.15) is 0 Å². The van der Waals surface area contributed by atoms with Crippen LogP contribution in [0.2, 0.25) is 0 Å². The van der Waals surface area contributed by atoms with E-state index < -0.39 is 0 Å². The summed E-state index contributed by atoms with van der Waals surface area (Å²) in [5.41, 5.74) is 9.86. The van der Waals surface area contributed by atoms with E-state index in [9.17, 15) is 0 Å². The predicted octanol–water partition coefficient (Wildman–Crippen LogP) is 2.84. The van der Waals surface area contributed by atoms with Crippen LogP contribution in [0.4, 0.5) is 5.69 Å². The van der Waals surface area contributed by atoms with E-state index in [1.54, 1.807) is 0 Å². The van der Waals surface area contributed by atoms with Crippen molar-refractivity contribution in [3.63, 3.8) is 0 Å². The number of tetrazole rings is 1. The van der Waals surface area contributed by atoms with Gasteiger partial charge in [0.1, 0.15) is 0 Å². The summed E-state index contributed by atoms with van der Waals surface area (Å²) in [4.78, 5) is 0. The fourth-order valence-corrected chi connectivity index (χ4v) is 2.31. The second kappa shape index (κ2) is 5.36. The Kier molecular flexibility index (Phi) is 3.39. The molecule has 3 aromatic rings. The van der Waals surface area contributed by atoms with Crippen LogP contribution in [-0.4, -0.2) is 20.2 Å². The lowest BCUT2D eigenvalue weighted by Gasteiger charge is -2.14. The van der Waals surface area contributed by atoms with E-state index in [-0.39, 0.29) is 6.04 Å². The molecule has 2 N–H and O–H groups in total. The lowest BCUT2D eigenvalue weighted by molar-refractivity contribution is 0.548. The Balaban J connectivity index is 2.00. The number of nitrogen functional groups attached to an aromatic ring is 1. The van der Waals surface area contributed by atoms with Gasteiger partial charge in [0.25, 0.3) is 0 Å². The first-order chi connectivity index (χ1) is 10.1. The molecule has 3 rings (SSSR count). The molecule has 0 saturated heterocycles. The summed E-state index contributed by atoms with van der Waals surface area (Å²) in [5, 5.41) is 12.1. The fourth-order valence-electron chi connectivity index (χ4n) is 2.31. The van der Waals surface area contributed by atoms with Crippen LogP contribution < -0.4 is 5.73 Å². The van der Waals surface area contributed by atoms with Gasteiger partial charge in [-0.25, -0.2) is 4.68 Å². The van der Waals surface area contributed by atoms with Crippen LogP contribution in [0.1, 0.15) is 24.1 Å². The van der Waals surface area contributed by atoms with Crippen molar-refractivity contribution in [2.75, 3.05) is 5.73 Å². The highest BCUT2D eigenvalue weighted by molar-refractivity contribution is 5.60. The minimum absolute atomic E-state index is 0.0528. The Labute approximate surface area is 123 Å². The van der Waals surface area contributed by atoms with Crippen LogP contribution in [0.15, 0.2) is 48.5 Å². The van der Waals surface area contributed by atoms with Gasteiger partial charge in [-0.1, -0.05) is 42.0 Å². The van der Waals surface area contributed by atoms with Gasteiger partial charge in [0.2, 0.25) is 0 Å². The van der Waals surface area contributed by atoms with E-state index in [1.807, 2.05) is 28.9 Å². The summed E-state index contributed by atoms with van der Waals surface area (Å²) in [5.74, 6) is 0.718. The summed E-state index contributed by atoms with van der Waals surface area (Å²) >= 11 is 0. The highest BCUT2D eigenvalue weighted by atomic mass is 15.5. The van der Waals surface area contributed by atoms with Gasteiger partial charge in [-0.05, 0) is 42.0 Å². The van der Waals surface area contributed by atoms with Crippen molar-refractivity contribution in [2.24, 2.45) is 0 Å². The molecule has 0 amide bonds. The molecule has 0 aliphatic rings. The Morgan fingerprint density at radius 1 is 1.10 bits per heavy atom. The Bertz CT molecular complexity index is 745. The SMILES string of the molecule is Cc1ccc(C(C)n2nnnc2-c2cccc(N)c2)cc1. The summed E-state index contributed by atoms with van der Waals surface area (Å²) in [6.07, 6.45) is 0. The molecule has 21 heavy (non-hydrogen) atoms. The number of aromatic nitrogens is 4. The molecular weight excluding hydrogens is 262 g/mol. The molecule has 106 valence electrons. The van der Waals surface area contributed by atoms with Crippen LogP contribution in [0.3, 0.4) is 0 Å². The van der Waals surface area contributed by atoms with Gasteiger partial charge in [-0.15, -0.1) is 5.10 Å². The van der Waals surface area contributed by atoms with Crippen LogP contribution in [0.5, 0.6) is 0 Å². The van der Waals surface area contributed by atoms with Crippen molar-refractivity contribution >= 4 is 5.69 Å². The van der Waals surface area contributed by atoms with E-state index in [2.05, 4.69) is 53.6 Å². The third-order valence-electron chi connectivity index (χ3n) is 3.56. The second-order valence-corrected chi connectivity index (χ2v) is 5.16. The average Bonchev–Trinajstić information content (AvgIpc) is 2.97. The first kappa shape index (κ1) is 13.3. The zero-order valence-electron chi connectivity index (χ0n) is 12.1. The Hall–Kier alpha value is -2.69. The number of rotatable bonds is 3. The van der Waals surface area contributed by atoms with Crippen LogP contribution in [0.25, 0.3) is 11.4 Å². The second-order valence-electron chi connectivity index (χ2n) is 5.16. The zero-order valence-corrected chi connectivity index (χ0v) is 12.1. The monoisotopic (exact) mass is 279 g/mol. The van der Waals surface area contributed by atoms with Crippen molar-refractivity contribution in [3.05, 3.63) is 59.7 Å². The van der Waals surface area contributed by atoms with Crippen molar-refractivity contribution in [1.29, 1.82) is 0 Å². The highest BCUT2D eigenvalue weighted by Gasteiger charge is 2.16. The molecule has 0 aliphatic carbocycles. The third kappa shape index (κ3) is 2.63. The first-order valence-corrected chi connectivity index (χ1v) is 6.85. The number of nitrogens with two attached hydrogens (primary N) is 1. The number of hydrogen-bond acceptors (Lipinski definition) is 4. The number of hydrogen-bond donors (Lipinski definition) is 1. The van der Waals surface area contributed by atoms with Crippen LogP contribution in [-0.2, 0) is 0 Å². The average molecular weight is 279 g/mol. The standard InChI is InChI=1S/C16H17N5/c1-11-6-8-13(9-7-11)12(2)21-16(18-19-20-21)14-4-3-5-15(17)10-14/h3-10,12H,17H2,1-2H3. The number of aryl methyl sites for hydroxylation is 1. The molecule has 1 aromatic heterocycles. The minimum atomic E-state index is 0.0528.